The summed E-state index contributed by atoms with van der Waals surface area (Å²) in [4.78, 5) is 7.94. The number of hydrogen-bond donors (Lipinski definition) is 3. The second-order valence-corrected chi connectivity index (χ2v) is 6.26. The monoisotopic (exact) mass is 349 g/mol. The summed E-state index contributed by atoms with van der Waals surface area (Å²) in [5, 5.41) is 10.6. The molecule has 2 aromatic heterocycles. The van der Waals surface area contributed by atoms with Crippen molar-refractivity contribution in [3.63, 3.8) is 0 Å². The van der Waals surface area contributed by atoms with Gasteiger partial charge in [-0.15, -0.1) is 0 Å². The zero-order valence-corrected chi connectivity index (χ0v) is 14.3. The molecule has 2 aromatic carbocycles. The van der Waals surface area contributed by atoms with Gasteiger partial charge in [0.25, 0.3) is 0 Å². The molecule has 0 radical (unpaired) electrons. The summed E-state index contributed by atoms with van der Waals surface area (Å²) in [5.74, 6) is 0.779. The highest BCUT2D eigenvalue weighted by molar-refractivity contribution is 5.74. The van der Waals surface area contributed by atoms with Crippen LogP contribution in [0.1, 0.15) is 17.8 Å². The van der Waals surface area contributed by atoms with Crippen molar-refractivity contribution >= 4 is 11.0 Å². The van der Waals surface area contributed by atoms with E-state index in [0.29, 0.717) is 6.54 Å². The number of nitrogens with one attached hydrogen (secondary N) is 3. The Balaban J connectivity index is 1.29. The number of halogens is 1. The number of benzene rings is 2. The molecule has 0 aliphatic carbocycles. The van der Waals surface area contributed by atoms with Gasteiger partial charge < -0.3 is 10.3 Å². The maximum Gasteiger partial charge on any atom is 0.123 e. The number of para-hydroxylation sites is 2. The van der Waals surface area contributed by atoms with E-state index in [0.717, 1.165) is 53.1 Å². The van der Waals surface area contributed by atoms with E-state index in [1.165, 1.54) is 12.1 Å². The molecule has 0 unspecified atom stereocenters. The van der Waals surface area contributed by atoms with Crippen LogP contribution >= 0.6 is 0 Å². The van der Waals surface area contributed by atoms with Crippen molar-refractivity contribution in [2.45, 2.75) is 19.4 Å². The Hall–Kier alpha value is -2.99. The maximum absolute atomic E-state index is 13.1. The van der Waals surface area contributed by atoms with Crippen molar-refractivity contribution in [3.8, 4) is 11.3 Å². The predicted molar refractivity (Wildman–Crippen MR) is 100 cm³/mol. The molecule has 0 aliphatic rings. The highest BCUT2D eigenvalue weighted by atomic mass is 19.1. The van der Waals surface area contributed by atoms with Crippen molar-refractivity contribution < 1.29 is 4.39 Å². The van der Waals surface area contributed by atoms with Gasteiger partial charge in [0.1, 0.15) is 11.6 Å². The Kier molecular flexibility index (Phi) is 4.75. The number of nitrogens with zero attached hydrogens (tertiary/aromatic N) is 2. The lowest BCUT2D eigenvalue weighted by Gasteiger charge is -2.05. The summed E-state index contributed by atoms with van der Waals surface area (Å²) in [7, 11) is 0. The normalized spacial score (nSPS) is 11.3. The lowest BCUT2D eigenvalue weighted by atomic mass is 10.1. The highest BCUT2D eigenvalue weighted by Gasteiger charge is 2.08. The Morgan fingerprint density at radius 3 is 2.73 bits per heavy atom. The van der Waals surface area contributed by atoms with Gasteiger partial charge in [-0.05, 0) is 49.4 Å². The number of fused-ring (bicyclic) bond motifs is 1. The van der Waals surface area contributed by atoms with E-state index in [4.69, 9.17) is 0 Å². The van der Waals surface area contributed by atoms with Gasteiger partial charge in [-0.3, -0.25) is 5.10 Å². The lowest BCUT2D eigenvalue weighted by Crippen LogP contribution is -2.15. The predicted octanol–water partition coefficient (Wildman–Crippen LogP) is 3.81. The standard InChI is InChI=1S/C20H20FN5/c21-16-9-7-14(8-10-16)20-15(13-23-26-20)12-22-11-3-6-19-24-17-4-1-2-5-18(17)25-19/h1-2,4-5,7-10,13,22H,3,6,11-12H2,(H,23,26)(H,24,25). The summed E-state index contributed by atoms with van der Waals surface area (Å²) in [6.07, 6.45) is 3.70. The van der Waals surface area contributed by atoms with E-state index in [1.54, 1.807) is 12.1 Å². The topological polar surface area (TPSA) is 69.4 Å². The van der Waals surface area contributed by atoms with Gasteiger partial charge in [0, 0.05) is 24.1 Å². The number of imidazole rings is 1. The smallest absolute Gasteiger partial charge is 0.123 e. The molecule has 2 heterocycles. The van der Waals surface area contributed by atoms with Gasteiger partial charge in [0.15, 0.2) is 0 Å². The van der Waals surface area contributed by atoms with Crippen molar-refractivity contribution in [2.75, 3.05) is 6.54 Å². The minimum atomic E-state index is -0.237. The molecule has 4 aromatic rings. The van der Waals surface area contributed by atoms with Crippen LogP contribution in [-0.2, 0) is 13.0 Å². The van der Waals surface area contributed by atoms with Crippen LogP contribution in [0.2, 0.25) is 0 Å². The number of aryl methyl sites for hydroxylation is 1. The summed E-state index contributed by atoms with van der Waals surface area (Å²) in [6, 6.07) is 14.5. The molecule has 0 saturated heterocycles. The molecule has 3 N–H and O–H groups in total. The lowest BCUT2D eigenvalue weighted by molar-refractivity contribution is 0.628. The van der Waals surface area contributed by atoms with E-state index in [1.807, 2.05) is 30.5 Å². The van der Waals surface area contributed by atoms with Gasteiger partial charge >= 0.3 is 0 Å². The molecule has 0 atom stereocenters. The van der Waals surface area contributed by atoms with Crippen LogP contribution in [0.15, 0.2) is 54.7 Å². The number of aromatic nitrogens is 4. The van der Waals surface area contributed by atoms with Gasteiger partial charge in [-0.1, -0.05) is 12.1 Å². The van der Waals surface area contributed by atoms with Crippen molar-refractivity contribution in [1.82, 2.24) is 25.5 Å². The second-order valence-electron chi connectivity index (χ2n) is 6.26. The van der Waals surface area contributed by atoms with Crippen LogP contribution in [0.3, 0.4) is 0 Å². The minimum Gasteiger partial charge on any atom is -0.342 e. The molecule has 0 fully saturated rings. The molecular weight excluding hydrogens is 329 g/mol. The Labute approximate surface area is 150 Å². The fourth-order valence-corrected chi connectivity index (χ4v) is 3.04. The summed E-state index contributed by atoms with van der Waals surface area (Å²) in [5.41, 5.74) is 5.02. The highest BCUT2D eigenvalue weighted by Crippen LogP contribution is 2.21. The van der Waals surface area contributed by atoms with Crippen LogP contribution in [0.25, 0.3) is 22.3 Å². The molecule has 0 aliphatic heterocycles. The fourth-order valence-electron chi connectivity index (χ4n) is 3.04. The summed E-state index contributed by atoms with van der Waals surface area (Å²) < 4.78 is 13.1. The maximum atomic E-state index is 13.1. The number of H-pyrrole nitrogens is 2. The molecule has 0 amide bonds. The van der Waals surface area contributed by atoms with Gasteiger partial charge in [0.05, 0.1) is 22.9 Å². The summed E-state index contributed by atoms with van der Waals surface area (Å²) >= 11 is 0. The third-order valence-electron chi connectivity index (χ3n) is 4.37. The molecule has 0 saturated carbocycles. The van der Waals surface area contributed by atoms with Crippen LogP contribution in [0.5, 0.6) is 0 Å². The van der Waals surface area contributed by atoms with Crippen LogP contribution in [-0.4, -0.2) is 26.7 Å². The number of rotatable bonds is 7. The van der Waals surface area contributed by atoms with Crippen molar-refractivity contribution in [1.29, 1.82) is 0 Å². The van der Waals surface area contributed by atoms with Gasteiger partial charge in [-0.2, -0.15) is 5.10 Å². The molecule has 132 valence electrons. The first-order valence-electron chi connectivity index (χ1n) is 8.72. The molecule has 0 bridgehead atoms. The molecule has 4 rings (SSSR count). The van der Waals surface area contributed by atoms with E-state index >= 15 is 0 Å². The third-order valence-corrected chi connectivity index (χ3v) is 4.37. The zero-order chi connectivity index (χ0) is 17.8. The molecule has 6 heteroatoms. The average molecular weight is 349 g/mol. The average Bonchev–Trinajstić information content (AvgIpc) is 3.28. The minimum absolute atomic E-state index is 0.237. The Morgan fingerprint density at radius 2 is 1.88 bits per heavy atom. The van der Waals surface area contributed by atoms with E-state index in [-0.39, 0.29) is 5.82 Å². The van der Waals surface area contributed by atoms with E-state index in [9.17, 15) is 4.39 Å². The molecular formula is C20H20FN5. The fraction of sp³-hybridized carbons (Fsp3) is 0.200. The van der Waals surface area contributed by atoms with E-state index in [2.05, 4.69) is 25.5 Å². The van der Waals surface area contributed by atoms with Crippen LogP contribution < -0.4 is 5.32 Å². The first kappa shape index (κ1) is 16.5. The summed E-state index contributed by atoms with van der Waals surface area (Å²) in [6.45, 7) is 1.59. The first-order valence-corrected chi connectivity index (χ1v) is 8.72. The molecule has 26 heavy (non-hydrogen) atoms. The molecule has 5 nitrogen and oxygen atoms in total. The second kappa shape index (κ2) is 7.49. The number of aromatic amines is 2. The Bertz CT molecular complexity index is 954. The largest absolute Gasteiger partial charge is 0.342 e. The molecule has 0 spiro atoms. The Morgan fingerprint density at radius 1 is 1.04 bits per heavy atom. The SMILES string of the molecule is Fc1ccc(-c2[nH]ncc2CNCCCc2nc3ccccc3[nH]2)cc1. The zero-order valence-electron chi connectivity index (χ0n) is 14.3. The van der Waals surface area contributed by atoms with Crippen molar-refractivity contribution in [2.24, 2.45) is 0 Å². The van der Waals surface area contributed by atoms with Gasteiger partial charge in [0.2, 0.25) is 0 Å². The van der Waals surface area contributed by atoms with Crippen LogP contribution in [0.4, 0.5) is 4.39 Å². The van der Waals surface area contributed by atoms with Crippen LogP contribution in [0, 0.1) is 5.82 Å². The quantitative estimate of drug-likeness (QED) is 0.444. The third kappa shape index (κ3) is 3.65. The first-order chi connectivity index (χ1) is 12.8. The van der Waals surface area contributed by atoms with Gasteiger partial charge in [-0.25, -0.2) is 9.37 Å². The van der Waals surface area contributed by atoms with E-state index < -0.39 is 0 Å². The number of hydrogen-bond acceptors (Lipinski definition) is 3. The van der Waals surface area contributed by atoms with Crippen molar-refractivity contribution in [3.05, 3.63) is 71.9 Å².